The summed E-state index contributed by atoms with van der Waals surface area (Å²) >= 11 is 0. The maximum Gasteiger partial charge on any atom is 3.00 e. The van der Waals surface area contributed by atoms with Gasteiger partial charge in [-0.3, -0.25) is 8.42 Å². The summed E-state index contributed by atoms with van der Waals surface area (Å²) in [4.78, 5) is 8.25. The molecular formula is Fe2NO7S+3. The Morgan fingerprint density at radius 1 is 1.00 bits per heavy atom. The Labute approximate surface area is 82.6 Å². The molecule has 0 aliphatic rings. The normalized spacial score (nSPS) is 7.45. The zero-order valence-corrected chi connectivity index (χ0v) is 7.45. The monoisotopic (exact) mass is 270 g/mol. The third kappa shape index (κ3) is 56000. The molecular weight excluding hydrogens is 270 g/mol. The van der Waals surface area contributed by atoms with E-state index in [1.54, 1.807) is 0 Å². The van der Waals surface area contributed by atoms with Gasteiger partial charge in [-0.25, -0.2) is 0 Å². The van der Waals surface area contributed by atoms with Crippen LogP contribution in [-0.2, 0) is 44.5 Å². The first-order chi connectivity index (χ1) is 3.73. The summed E-state index contributed by atoms with van der Waals surface area (Å²) in [7, 11) is -5.17. The SMILES string of the molecule is O=S(=O)([O-])[O-].O=[N+]([O-])[O-].[Fe+3].[Fe+3]. The van der Waals surface area contributed by atoms with Crippen LogP contribution in [0.5, 0.6) is 0 Å². The number of nitrogens with zero attached hydrogens (tertiary/aromatic N) is 1. The molecule has 11 heteroatoms. The second kappa shape index (κ2) is 10.1. The van der Waals surface area contributed by atoms with Crippen molar-refractivity contribution in [2.75, 3.05) is 0 Å². The molecule has 0 spiro atoms. The third-order valence-electron chi connectivity index (χ3n) is 0. The maximum atomic E-state index is 8.52. The van der Waals surface area contributed by atoms with E-state index in [2.05, 4.69) is 0 Å². The molecule has 0 amide bonds. The minimum Gasteiger partial charge on any atom is -0.759 e. The molecule has 2 radical (unpaired) electrons. The summed E-state index contributed by atoms with van der Waals surface area (Å²) < 4.78 is 34.1. The van der Waals surface area contributed by atoms with Gasteiger partial charge in [-0.05, 0) is 0 Å². The second-order valence-corrected chi connectivity index (χ2v) is 1.45. The van der Waals surface area contributed by atoms with E-state index in [4.69, 9.17) is 32.8 Å². The largest absolute Gasteiger partial charge is 3.00 e. The molecule has 0 rings (SSSR count). The van der Waals surface area contributed by atoms with Crippen molar-refractivity contribution < 1.29 is 56.7 Å². The molecule has 0 unspecified atom stereocenters. The molecule has 0 N–H and O–H groups in total. The first kappa shape index (κ1) is 22.5. The Kier molecular flexibility index (Phi) is 20.6. The van der Waals surface area contributed by atoms with Crippen LogP contribution in [0.15, 0.2) is 0 Å². The van der Waals surface area contributed by atoms with Crippen molar-refractivity contribution in [3.05, 3.63) is 15.3 Å². The Morgan fingerprint density at radius 2 is 1.00 bits per heavy atom. The molecule has 0 aliphatic carbocycles. The Bertz CT molecular complexity index is 159. The van der Waals surface area contributed by atoms with Crippen LogP contribution in [0.1, 0.15) is 0 Å². The average Bonchev–Trinajstić information content (AvgIpc) is 1.19. The van der Waals surface area contributed by atoms with Crippen LogP contribution < -0.4 is 0 Å². The van der Waals surface area contributed by atoms with E-state index < -0.39 is 15.5 Å². The first-order valence-corrected chi connectivity index (χ1v) is 2.55. The Hall–Kier alpha value is 0.109. The predicted octanol–water partition coefficient (Wildman–Crippen LogP) is -1.58. The van der Waals surface area contributed by atoms with Crippen LogP contribution in [0.2, 0.25) is 0 Å². The van der Waals surface area contributed by atoms with Crippen LogP contribution in [0.4, 0.5) is 0 Å². The van der Waals surface area contributed by atoms with Crippen LogP contribution >= 0.6 is 0 Å². The molecule has 0 bridgehead atoms. The van der Waals surface area contributed by atoms with E-state index in [-0.39, 0.29) is 34.1 Å². The van der Waals surface area contributed by atoms with Crippen LogP contribution in [0.25, 0.3) is 0 Å². The summed E-state index contributed by atoms with van der Waals surface area (Å²) in [5.41, 5.74) is 0. The minimum atomic E-state index is -5.17. The van der Waals surface area contributed by atoms with Crippen molar-refractivity contribution in [1.29, 1.82) is 0 Å². The topological polar surface area (TPSA) is 146 Å². The molecule has 0 aliphatic heterocycles. The van der Waals surface area contributed by atoms with Crippen molar-refractivity contribution in [3.8, 4) is 0 Å². The molecule has 0 aromatic carbocycles. The molecule has 0 atom stereocenters. The van der Waals surface area contributed by atoms with Crippen LogP contribution in [0.3, 0.4) is 0 Å². The molecule has 0 saturated carbocycles. The van der Waals surface area contributed by atoms with E-state index in [9.17, 15) is 0 Å². The van der Waals surface area contributed by atoms with Gasteiger partial charge in [0.25, 0.3) is 0 Å². The maximum absolute atomic E-state index is 8.52. The van der Waals surface area contributed by atoms with Gasteiger partial charge in [-0.1, -0.05) is 0 Å². The number of rotatable bonds is 0. The molecule has 0 fully saturated rings. The quantitative estimate of drug-likeness (QED) is 0.169. The predicted molar refractivity (Wildman–Crippen MR) is 20.8 cm³/mol. The number of hydrogen-bond acceptors (Lipinski definition) is 7. The van der Waals surface area contributed by atoms with Gasteiger partial charge in [-0.2, -0.15) is 0 Å². The average molecular weight is 270 g/mol. The van der Waals surface area contributed by atoms with Gasteiger partial charge < -0.3 is 24.4 Å². The molecule has 0 saturated heterocycles. The van der Waals surface area contributed by atoms with Gasteiger partial charge in [-0.15, -0.1) is 0 Å². The van der Waals surface area contributed by atoms with Crippen LogP contribution in [-0.4, -0.2) is 22.6 Å². The van der Waals surface area contributed by atoms with E-state index >= 15 is 0 Å². The van der Waals surface area contributed by atoms with Crippen molar-refractivity contribution in [2.24, 2.45) is 0 Å². The molecule has 11 heavy (non-hydrogen) atoms. The number of hydrogen-bond donors (Lipinski definition) is 0. The standard InChI is InChI=1S/2Fe.NO3.H2O4S/c;;2-1(3)4;1-5(2,3)4/h;;;(H2,1,2,3,4)/q2*+3;-1;/p-2. The molecule has 0 aromatic heterocycles. The fraction of sp³-hybridized carbons (Fsp3) is 0. The van der Waals surface area contributed by atoms with Gasteiger partial charge in [0, 0.05) is 10.4 Å². The molecule has 66 valence electrons. The van der Waals surface area contributed by atoms with Gasteiger partial charge >= 0.3 is 34.1 Å². The zero-order valence-electron chi connectivity index (χ0n) is 4.42. The Morgan fingerprint density at radius 3 is 1.00 bits per heavy atom. The van der Waals surface area contributed by atoms with Crippen molar-refractivity contribution in [1.82, 2.24) is 0 Å². The molecule has 0 aromatic rings. The van der Waals surface area contributed by atoms with E-state index in [0.29, 0.717) is 0 Å². The second-order valence-electron chi connectivity index (χ2n) is 0.632. The third-order valence-corrected chi connectivity index (χ3v) is 0. The Balaban J connectivity index is -0.0000000383. The first-order valence-electron chi connectivity index (χ1n) is 1.21. The van der Waals surface area contributed by atoms with Crippen molar-refractivity contribution >= 4 is 10.4 Å². The summed E-state index contributed by atoms with van der Waals surface area (Å²) in [6.07, 6.45) is 0. The van der Waals surface area contributed by atoms with Gasteiger partial charge in [0.2, 0.25) is 0 Å². The van der Waals surface area contributed by atoms with E-state index in [1.165, 1.54) is 0 Å². The van der Waals surface area contributed by atoms with Gasteiger partial charge in [0.05, 0.1) is 5.09 Å². The fourth-order valence-electron chi connectivity index (χ4n) is 0. The summed E-state index contributed by atoms with van der Waals surface area (Å²) in [6.45, 7) is 0. The smallest absolute Gasteiger partial charge is 0.759 e. The summed E-state index contributed by atoms with van der Waals surface area (Å²) in [5, 5.41) is 14.8. The zero-order chi connectivity index (χ0) is 8.08. The van der Waals surface area contributed by atoms with Crippen LogP contribution in [0, 0.1) is 15.3 Å². The van der Waals surface area contributed by atoms with E-state index in [1.807, 2.05) is 0 Å². The summed E-state index contributed by atoms with van der Waals surface area (Å²) in [5.74, 6) is 0. The molecule has 8 nitrogen and oxygen atoms in total. The van der Waals surface area contributed by atoms with Crippen molar-refractivity contribution in [3.63, 3.8) is 0 Å². The minimum absolute atomic E-state index is 0. The van der Waals surface area contributed by atoms with Crippen molar-refractivity contribution in [2.45, 2.75) is 0 Å². The molecule has 0 heterocycles. The fourth-order valence-corrected chi connectivity index (χ4v) is 0. The summed E-state index contributed by atoms with van der Waals surface area (Å²) in [6, 6.07) is 0. The van der Waals surface area contributed by atoms with E-state index in [0.717, 1.165) is 0 Å². The van der Waals surface area contributed by atoms with Gasteiger partial charge in [0.1, 0.15) is 0 Å². The van der Waals surface area contributed by atoms with Gasteiger partial charge in [0.15, 0.2) is 0 Å².